The molecule has 0 aliphatic rings. The number of benzene rings is 1. The quantitative estimate of drug-likeness (QED) is 0.941. The van der Waals surface area contributed by atoms with Gasteiger partial charge in [0.25, 0.3) is 0 Å². The molecule has 1 aromatic carbocycles. The highest BCUT2D eigenvalue weighted by Gasteiger charge is 2.08. The maximum Gasteiger partial charge on any atom is 0.218 e. The Balaban J connectivity index is 2.11. The average Bonchev–Trinajstić information content (AvgIpc) is 2.37. The van der Waals surface area contributed by atoms with Gasteiger partial charge in [0.2, 0.25) is 5.88 Å². The second-order valence-corrected chi connectivity index (χ2v) is 5.02. The van der Waals surface area contributed by atoms with E-state index >= 15 is 0 Å². The normalized spacial score (nSPS) is 12.2. The smallest absolute Gasteiger partial charge is 0.218 e. The lowest BCUT2D eigenvalue weighted by molar-refractivity contribution is 0.289. The van der Waals surface area contributed by atoms with Crippen LogP contribution in [0.5, 0.6) is 5.88 Å². The molecule has 94 valence electrons. The van der Waals surface area contributed by atoms with Crippen molar-refractivity contribution in [2.45, 2.75) is 19.6 Å². The fraction of sp³-hybridized carbons (Fsp3) is 0.214. The number of nitrogens with zero attached hydrogens (tertiary/aromatic N) is 1. The maximum atomic E-state index is 5.88. The molecule has 0 radical (unpaired) electrons. The van der Waals surface area contributed by atoms with Gasteiger partial charge in [-0.05, 0) is 30.7 Å². The van der Waals surface area contributed by atoms with Gasteiger partial charge in [-0.2, -0.15) is 0 Å². The Morgan fingerprint density at radius 3 is 2.89 bits per heavy atom. The van der Waals surface area contributed by atoms with E-state index in [4.69, 9.17) is 10.5 Å². The summed E-state index contributed by atoms with van der Waals surface area (Å²) in [5.74, 6) is 0.604. The van der Waals surface area contributed by atoms with Gasteiger partial charge in [0.05, 0.1) is 0 Å². The number of rotatable bonds is 4. The molecule has 1 atom stereocenters. The standard InChI is InChI=1S/C14H15BrN2O/c1-10(16)13-6-3-7-17-14(13)18-9-11-4-2-5-12(15)8-11/h2-8,10H,9,16H2,1H3. The van der Waals surface area contributed by atoms with Crippen LogP contribution in [0.2, 0.25) is 0 Å². The monoisotopic (exact) mass is 306 g/mol. The second-order valence-electron chi connectivity index (χ2n) is 4.11. The molecule has 2 aromatic rings. The average molecular weight is 307 g/mol. The zero-order chi connectivity index (χ0) is 13.0. The topological polar surface area (TPSA) is 48.1 Å². The maximum absolute atomic E-state index is 5.88. The van der Waals surface area contributed by atoms with Gasteiger partial charge in [-0.3, -0.25) is 0 Å². The summed E-state index contributed by atoms with van der Waals surface area (Å²) in [6.07, 6.45) is 1.71. The first-order chi connectivity index (χ1) is 8.66. The van der Waals surface area contributed by atoms with Crippen LogP contribution in [0.4, 0.5) is 0 Å². The van der Waals surface area contributed by atoms with Crippen molar-refractivity contribution >= 4 is 15.9 Å². The molecular weight excluding hydrogens is 292 g/mol. The fourth-order valence-corrected chi connectivity index (χ4v) is 2.10. The van der Waals surface area contributed by atoms with Crippen molar-refractivity contribution in [2.24, 2.45) is 5.73 Å². The van der Waals surface area contributed by atoms with Crippen LogP contribution < -0.4 is 10.5 Å². The minimum atomic E-state index is -0.0868. The number of hydrogen-bond donors (Lipinski definition) is 1. The van der Waals surface area contributed by atoms with E-state index in [1.54, 1.807) is 6.20 Å². The number of hydrogen-bond acceptors (Lipinski definition) is 3. The van der Waals surface area contributed by atoms with Crippen LogP contribution in [0.25, 0.3) is 0 Å². The number of pyridine rings is 1. The summed E-state index contributed by atoms with van der Waals surface area (Å²) in [4.78, 5) is 4.22. The van der Waals surface area contributed by atoms with Crippen LogP contribution >= 0.6 is 15.9 Å². The molecule has 0 aliphatic carbocycles. The molecule has 0 spiro atoms. The predicted octanol–water partition coefficient (Wildman–Crippen LogP) is 3.44. The van der Waals surface area contributed by atoms with Crippen molar-refractivity contribution in [3.05, 3.63) is 58.2 Å². The number of nitrogens with two attached hydrogens (primary N) is 1. The zero-order valence-corrected chi connectivity index (χ0v) is 11.7. The molecule has 2 rings (SSSR count). The molecule has 0 aliphatic heterocycles. The van der Waals surface area contributed by atoms with Crippen molar-refractivity contribution in [1.29, 1.82) is 0 Å². The van der Waals surface area contributed by atoms with Gasteiger partial charge in [0, 0.05) is 22.3 Å². The van der Waals surface area contributed by atoms with E-state index in [1.807, 2.05) is 43.3 Å². The van der Waals surface area contributed by atoms with Crippen LogP contribution in [0, 0.1) is 0 Å². The van der Waals surface area contributed by atoms with Crippen molar-refractivity contribution in [1.82, 2.24) is 4.98 Å². The highest BCUT2D eigenvalue weighted by molar-refractivity contribution is 9.10. The van der Waals surface area contributed by atoms with Gasteiger partial charge in [-0.1, -0.05) is 34.1 Å². The molecule has 0 saturated heterocycles. The first kappa shape index (κ1) is 13.1. The van der Waals surface area contributed by atoms with E-state index in [9.17, 15) is 0 Å². The lowest BCUT2D eigenvalue weighted by Crippen LogP contribution is -2.09. The third-order valence-electron chi connectivity index (χ3n) is 2.56. The lowest BCUT2D eigenvalue weighted by atomic mass is 10.1. The second kappa shape index (κ2) is 5.98. The van der Waals surface area contributed by atoms with E-state index in [0.29, 0.717) is 12.5 Å². The summed E-state index contributed by atoms with van der Waals surface area (Å²) in [5.41, 5.74) is 7.89. The summed E-state index contributed by atoms with van der Waals surface area (Å²) in [5, 5.41) is 0. The van der Waals surface area contributed by atoms with E-state index in [2.05, 4.69) is 20.9 Å². The molecule has 2 N–H and O–H groups in total. The molecule has 1 unspecified atom stereocenters. The lowest BCUT2D eigenvalue weighted by Gasteiger charge is -2.12. The van der Waals surface area contributed by atoms with E-state index in [0.717, 1.165) is 15.6 Å². The Bertz CT molecular complexity index is 529. The molecule has 0 bridgehead atoms. The summed E-state index contributed by atoms with van der Waals surface area (Å²) in [6, 6.07) is 11.7. The molecule has 1 aromatic heterocycles. The van der Waals surface area contributed by atoms with Crippen LogP contribution in [-0.2, 0) is 6.61 Å². The Morgan fingerprint density at radius 1 is 1.33 bits per heavy atom. The minimum absolute atomic E-state index is 0.0868. The molecule has 0 amide bonds. The van der Waals surface area contributed by atoms with Gasteiger partial charge in [-0.15, -0.1) is 0 Å². The molecule has 0 fully saturated rings. The van der Waals surface area contributed by atoms with Crippen molar-refractivity contribution < 1.29 is 4.74 Å². The van der Waals surface area contributed by atoms with E-state index < -0.39 is 0 Å². The molecule has 1 heterocycles. The third kappa shape index (κ3) is 3.31. The largest absolute Gasteiger partial charge is 0.473 e. The van der Waals surface area contributed by atoms with Gasteiger partial charge < -0.3 is 10.5 Å². The minimum Gasteiger partial charge on any atom is -0.473 e. The van der Waals surface area contributed by atoms with Crippen LogP contribution in [0.3, 0.4) is 0 Å². The van der Waals surface area contributed by atoms with Gasteiger partial charge in [0.15, 0.2) is 0 Å². The fourth-order valence-electron chi connectivity index (χ4n) is 1.65. The zero-order valence-electron chi connectivity index (χ0n) is 10.1. The Hall–Kier alpha value is -1.39. The molecule has 18 heavy (non-hydrogen) atoms. The number of halogens is 1. The van der Waals surface area contributed by atoms with Gasteiger partial charge in [-0.25, -0.2) is 4.98 Å². The Morgan fingerprint density at radius 2 is 2.17 bits per heavy atom. The first-order valence-electron chi connectivity index (χ1n) is 5.74. The molecule has 3 nitrogen and oxygen atoms in total. The van der Waals surface area contributed by atoms with Crippen molar-refractivity contribution in [3.63, 3.8) is 0 Å². The van der Waals surface area contributed by atoms with Crippen molar-refractivity contribution in [3.8, 4) is 5.88 Å². The highest BCUT2D eigenvalue weighted by Crippen LogP contribution is 2.21. The summed E-state index contributed by atoms with van der Waals surface area (Å²) in [7, 11) is 0. The van der Waals surface area contributed by atoms with Crippen LogP contribution in [-0.4, -0.2) is 4.98 Å². The Labute approximate surface area is 115 Å². The van der Waals surface area contributed by atoms with E-state index in [1.165, 1.54) is 0 Å². The number of aromatic nitrogens is 1. The van der Waals surface area contributed by atoms with Crippen molar-refractivity contribution in [2.75, 3.05) is 0 Å². The van der Waals surface area contributed by atoms with Gasteiger partial charge in [0.1, 0.15) is 6.61 Å². The molecular formula is C14H15BrN2O. The third-order valence-corrected chi connectivity index (χ3v) is 3.05. The van der Waals surface area contributed by atoms with E-state index in [-0.39, 0.29) is 6.04 Å². The van der Waals surface area contributed by atoms with Gasteiger partial charge >= 0.3 is 0 Å². The molecule has 4 heteroatoms. The van der Waals surface area contributed by atoms with Crippen LogP contribution in [0.15, 0.2) is 47.1 Å². The van der Waals surface area contributed by atoms with Crippen LogP contribution in [0.1, 0.15) is 24.1 Å². The summed E-state index contributed by atoms with van der Waals surface area (Å²) in [6.45, 7) is 2.40. The number of ether oxygens (including phenoxy) is 1. The highest BCUT2D eigenvalue weighted by atomic mass is 79.9. The SMILES string of the molecule is CC(N)c1cccnc1OCc1cccc(Br)c1. The molecule has 0 saturated carbocycles. The summed E-state index contributed by atoms with van der Waals surface area (Å²) < 4.78 is 6.77. The first-order valence-corrected chi connectivity index (χ1v) is 6.54. The Kier molecular flexibility index (Phi) is 4.33. The predicted molar refractivity (Wildman–Crippen MR) is 75.3 cm³/mol. The summed E-state index contributed by atoms with van der Waals surface area (Å²) >= 11 is 3.43.